The predicted molar refractivity (Wildman–Crippen MR) is 87.6 cm³/mol. The molecule has 1 aliphatic rings. The molecule has 3 nitrogen and oxygen atoms in total. The Hall–Kier alpha value is -0.690. The monoisotopic (exact) mass is 370 g/mol. The SMILES string of the molecule is O=C(NC[C@H](c1ccsc1)N1CCC1)c1cc(Br)cs1. The first kappa shape index (κ1) is 14.3. The van der Waals surface area contributed by atoms with E-state index >= 15 is 0 Å². The van der Waals surface area contributed by atoms with Crippen LogP contribution in [0.5, 0.6) is 0 Å². The van der Waals surface area contributed by atoms with Gasteiger partial charge in [0.25, 0.3) is 5.91 Å². The van der Waals surface area contributed by atoms with Gasteiger partial charge in [0, 0.05) is 29.5 Å². The van der Waals surface area contributed by atoms with Crippen molar-refractivity contribution in [1.29, 1.82) is 0 Å². The van der Waals surface area contributed by atoms with Crippen molar-refractivity contribution in [2.24, 2.45) is 0 Å². The minimum Gasteiger partial charge on any atom is -0.349 e. The Bertz CT molecular complexity index is 578. The van der Waals surface area contributed by atoms with Crippen LogP contribution in [0, 0.1) is 0 Å². The zero-order chi connectivity index (χ0) is 13.9. The maximum Gasteiger partial charge on any atom is 0.261 e. The van der Waals surface area contributed by atoms with E-state index in [2.05, 4.69) is 43.0 Å². The number of nitrogens with zero attached hydrogens (tertiary/aromatic N) is 1. The number of halogens is 1. The number of likely N-dealkylation sites (tertiary alicyclic amines) is 1. The Morgan fingerprint density at radius 3 is 2.85 bits per heavy atom. The van der Waals surface area contributed by atoms with Crippen LogP contribution >= 0.6 is 38.6 Å². The van der Waals surface area contributed by atoms with Crippen molar-refractivity contribution in [3.8, 4) is 0 Å². The highest BCUT2D eigenvalue weighted by Gasteiger charge is 2.26. The zero-order valence-corrected chi connectivity index (χ0v) is 14.1. The fraction of sp³-hybridized carbons (Fsp3) is 0.357. The smallest absolute Gasteiger partial charge is 0.261 e. The van der Waals surface area contributed by atoms with Gasteiger partial charge in [0.2, 0.25) is 0 Å². The molecular formula is C14H15BrN2OS2. The third kappa shape index (κ3) is 3.14. The van der Waals surface area contributed by atoms with E-state index in [9.17, 15) is 4.79 Å². The van der Waals surface area contributed by atoms with E-state index in [1.54, 1.807) is 11.3 Å². The van der Waals surface area contributed by atoms with E-state index < -0.39 is 0 Å². The lowest BCUT2D eigenvalue weighted by Crippen LogP contribution is -2.44. The van der Waals surface area contributed by atoms with Crippen LogP contribution in [0.15, 0.2) is 32.7 Å². The number of thiophene rings is 2. The fourth-order valence-electron chi connectivity index (χ4n) is 2.28. The summed E-state index contributed by atoms with van der Waals surface area (Å²) in [5.74, 6) is 0.0152. The summed E-state index contributed by atoms with van der Waals surface area (Å²) in [5, 5.41) is 9.27. The molecule has 0 aromatic carbocycles. The number of hydrogen-bond donors (Lipinski definition) is 1. The standard InChI is InChI=1S/C14H15BrN2OS2/c15-11-6-13(20-9-11)14(18)16-7-12(17-3-1-4-17)10-2-5-19-8-10/h2,5-6,8-9,12H,1,3-4,7H2,(H,16,18)/t12-/m1/s1. The van der Waals surface area contributed by atoms with Gasteiger partial charge in [0.15, 0.2) is 0 Å². The van der Waals surface area contributed by atoms with Crippen molar-refractivity contribution in [1.82, 2.24) is 10.2 Å². The lowest BCUT2D eigenvalue weighted by Gasteiger charge is -2.38. The molecule has 6 heteroatoms. The van der Waals surface area contributed by atoms with E-state index in [1.807, 2.05) is 11.4 Å². The molecule has 1 fully saturated rings. The normalized spacial score (nSPS) is 16.6. The lowest BCUT2D eigenvalue weighted by molar-refractivity contribution is 0.0889. The average Bonchev–Trinajstić information content (AvgIpc) is 3.02. The maximum absolute atomic E-state index is 12.1. The van der Waals surface area contributed by atoms with Crippen molar-refractivity contribution < 1.29 is 4.79 Å². The largest absolute Gasteiger partial charge is 0.349 e. The molecular weight excluding hydrogens is 356 g/mol. The summed E-state index contributed by atoms with van der Waals surface area (Å²) in [6.45, 7) is 2.92. The Labute approximate surface area is 134 Å². The second-order valence-electron chi connectivity index (χ2n) is 4.80. The van der Waals surface area contributed by atoms with Crippen LogP contribution in [-0.4, -0.2) is 30.4 Å². The Morgan fingerprint density at radius 1 is 1.45 bits per heavy atom. The highest BCUT2D eigenvalue weighted by molar-refractivity contribution is 9.10. The molecule has 1 amide bonds. The van der Waals surface area contributed by atoms with Crippen LogP contribution in [-0.2, 0) is 0 Å². The molecule has 3 rings (SSSR count). The van der Waals surface area contributed by atoms with Crippen LogP contribution in [0.2, 0.25) is 0 Å². The topological polar surface area (TPSA) is 32.3 Å². The van der Waals surface area contributed by atoms with E-state index in [1.165, 1.54) is 23.3 Å². The maximum atomic E-state index is 12.1. The molecule has 0 radical (unpaired) electrons. The van der Waals surface area contributed by atoms with Crippen molar-refractivity contribution in [2.45, 2.75) is 12.5 Å². The van der Waals surface area contributed by atoms with E-state index in [0.29, 0.717) is 12.6 Å². The molecule has 106 valence electrons. The van der Waals surface area contributed by atoms with Crippen molar-refractivity contribution in [3.63, 3.8) is 0 Å². The minimum atomic E-state index is 0.0152. The molecule has 0 aliphatic carbocycles. The summed E-state index contributed by atoms with van der Waals surface area (Å²) in [7, 11) is 0. The van der Waals surface area contributed by atoms with E-state index in [0.717, 1.165) is 22.4 Å². The first-order chi connectivity index (χ1) is 9.74. The van der Waals surface area contributed by atoms with Gasteiger partial charge in [-0.25, -0.2) is 0 Å². The molecule has 2 aromatic heterocycles. The number of nitrogens with one attached hydrogen (secondary N) is 1. The molecule has 0 unspecified atom stereocenters. The van der Waals surface area contributed by atoms with E-state index in [-0.39, 0.29) is 5.91 Å². The molecule has 0 saturated carbocycles. The number of carbonyl (C=O) groups excluding carboxylic acids is 1. The first-order valence-electron chi connectivity index (χ1n) is 6.52. The van der Waals surface area contributed by atoms with Gasteiger partial charge in [-0.2, -0.15) is 11.3 Å². The van der Waals surface area contributed by atoms with Crippen molar-refractivity contribution >= 4 is 44.5 Å². The second kappa shape index (κ2) is 6.39. The molecule has 0 spiro atoms. The Kier molecular flexibility index (Phi) is 4.55. The van der Waals surface area contributed by atoms with Gasteiger partial charge in [-0.3, -0.25) is 9.69 Å². The molecule has 3 heterocycles. The lowest BCUT2D eigenvalue weighted by atomic mass is 10.0. The summed E-state index contributed by atoms with van der Waals surface area (Å²) in [6, 6.07) is 4.33. The van der Waals surface area contributed by atoms with Gasteiger partial charge >= 0.3 is 0 Å². The predicted octanol–water partition coefficient (Wildman–Crippen LogP) is 3.75. The molecule has 1 aliphatic heterocycles. The quantitative estimate of drug-likeness (QED) is 0.868. The number of rotatable bonds is 5. The van der Waals surface area contributed by atoms with Crippen LogP contribution in [0.25, 0.3) is 0 Å². The van der Waals surface area contributed by atoms with Gasteiger partial charge in [0.05, 0.1) is 10.9 Å². The summed E-state index contributed by atoms with van der Waals surface area (Å²) < 4.78 is 0.963. The van der Waals surface area contributed by atoms with Crippen LogP contribution in [0.1, 0.15) is 27.7 Å². The molecule has 1 saturated heterocycles. The number of amides is 1. The van der Waals surface area contributed by atoms with Crippen LogP contribution in [0.4, 0.5) is 0 Å². The highest BCUT2D eigenvalue weighted by Crippen LogP contribution is 2.27. The molecule has 2 aromatic rings. The van der Waals surface area contributed by atoms with Crippen molar-refractivity contribution in [3.05, 3.63) is 43.2 Å². The third-order valence-corrected chi connectivity index (χ3v) is 5.90. The van der Waals surface area contributed by atoms with Gasteiger partial charge in [-0.1, -0.05) is 0 Å². The molecule has 1 N–H and O–H groups in total. The first-order valence-corrected chi connectivity index (χ1v) is 9.14. The summed E-state index contributed by atoms with van der Waals surface area (Å²) in [4.78, 5) is 15.3. The fourth-order valence-corrected chi connectivity index (χ4v) is 4.33. The zero-order valence-electron chi connectivity index (χ0n) is 10.8. The number of hydrogen-bond acceptors (Lipinski definition) is 4. The second-order valence-corrected chi connectivity index (χ2v) is 7.41. The van der Waals surface area contributed by atoms with E-state index in [4.69, 9.17) is 0 Å². The van der Waals surface area contributed by atoms with Crippen LogP contribution < -0.4 is 5.32 Å². The van der Waals surface area contributed by atoms with Gasteiger partial charge in [-0.15, -0.1) is 11.3 Å². The van der Waals surface area contributed by atoms with Gasteiger partial charge in [0.1, 0.15) is 0 Å². The highest BCUT2D eigenvalue weighted by atomic mass is 79.9. The minimum absolute atomic E-state index is 0.0152. The summed E-state index contributed by atoms with van der Waals surface area (Å²) in [6.07, 6.45) is 1.26. The molecule has 1 atom stereocenters. The average molecular weight is 371 g/mol. The molecule has 20 heavy (non-hydrogen) atoms. The Morgan fingerprint density at radius 2 is 2.30 bits per heavy atom. The third-order valence-electron chi connectivity index (χ3n) is 3.51. The Balaban J connectivity index is 1.63. The molecule has 0 bridgehead atoms. The van der Waals surface area contributed by atoms with Crippen molar-refractivity contribution in [2.75, 3.05) is 19.6 Å². The van der Waals surface area contributed by atoms with Gasteiger partial charge < -0.3 is 5.32 Å². The summed E-state index contributed by atoms with van der Waals surface area (Å²) in [5.41, 5.74) is 1.31. The summed E-state index contributed by atoms with van der Waals surface area (Å²) >= 11 is 6.55. The van der Waals surface area contributed by atoms with Gasteiger partial charge in [-0.05, 0) is 50.8 Å². The number of carbonyl (C=O) groups is 1. The van der Waals surface area contributed by atoms with Crippen LogP contribution in [0.3, 0.4) is 0 Å².